The van der Waals surface area contributed by atoms with Gasteiger partial charge in [0.15, 0.2) is 0 Å². The molecular weight excluding hydrogens is 362 g/mol. The highest BCUT2D eigenvalue weighted by molar-refractivity contribution is 7.17. The third-order valence-electron chi connectivity index (χ3n) is 3.45. The van der Waals surface area contributed by atoms with Gasteiger partial charge in [-0.15, -0.1) is 5.10 Å². The quantitative estimate of drug-likeness (QED) is 0.701. The monoisotopic (exact) mass is 375 g/mol. The average molecular weight is 376 g/mol. The number of aryl methyl sites for hydroxylation is 2. The van der Waals surface area contributed by atoms with Crippen LogP contribution in [0, 0.1) is 13.8 Å². The van der Waals surface area contributed by atoms with Gasteiger partial charge in [-0.05, 0) is 54.0 Å². The summed E-state index contributed by atoms with van der Waals surface area (Å²) in [6.45, 7) is 3.77. The van der Waals surface area contributed by atoms with Gasteiger partial charge in [-0.2, -0.15) is 0 Å². The van der Waals surface area contributed by atoms with Crippen molar-refractivity contribution >= 4 is 34.0 Å². The van der Waals surface area contributed by atoms with Crippen molar-refractivity contribution in [2.45, 2.75) is 13.8 Å². The highest BCUT2D eigenvalue weighted by atomic mass is 35.5. The fourth-order valence-electron chi connectivity index (χ4n) is 2.26. The predicted octanol–water partition coefficient (Wildman–Crippen LogP) is 3.53. The first-order chi connectivity index (χ1) is 12.0. The number of hydrogen-bond donors (Lipinski definition) is 1. The summed E-state index contributed by atoms with van der Waals surface area (Å²) in [4.78, 5) is 21.0. The molecule has 3 heterocycles. The van der Waals surface area contributed by atoms with Crippen LogP contribution in [0.2, 0.25) is 5.15 Å². The molecule has 0 aliphatic rings. The Labute approximate surface area is 153 Å². The van der Waals surface area contributed by atoms with Gasteiger partial charge in [0.1, 0.15) is 5.15 Å². The molecule has 0 bridgehead atoms. The minimum Gasteiger partial charge on any atom is -0.472 e. The second-order valence-corrected chi connectivity index (χ2v) is 6.55. The summed E-state index contributed by atoms with van der Waals surface area (Å²) in [5.41, 5.74) is 3.65. The van der Waals surface area contributed by atoms with Crippen LogP contribution in [0.5, 0.6) is 5.19 Å². The molecule has 0 spiro atoms. The molecule has 0 radical (unpaired) electrons. The second-order valence-electron chi connectivity index (χ2n) is 5.22. The van der Waals surface area contributed by atoms with Crippen LogP contribution < -0.4 is 10.1 Å². The fraction of sp³-hybridized carbons (Fsp3) is 0.188. The molecule has 0 aliphatic heterocycles. The number of carbonyl (C=O) groups excluding carboxylic acids is 1. The molecule has 3 aromatic heterocycles. The van der Waals surface area contributed by atoms with E-state index in [2.05, 4.69) is 25.5 Å². The lowest BCUT2D eigenvalue weighted by Crippen LogP contribution is -2.14. The van der Waals surface area contributed by atoms with Crippen LogP contribution >= 0.6 is 22.9 Å². The first-order valence-electron chi connectivity index (χ1n) is 7.26. The highest BCUT2D eigenvalue weighted by Crippen LogP contribution is 2.30. The fourth-order valence-corrected chi connectivity index (χ4v) is 2.97. The standard InChI is InChI=1S/C16H14ClN5O2S/c1-8-6-19-13(17)5-10(8)11-4-9(2)18-7-12(11)14(23)20-15-21-22-16(24-3)25-15/h4-7H,1-3H3,(H,20,21,23). The Hall–Kier alpha value is -2.58. The van der Waals surface area contributed by atoms with Crippen LogP contribution in [0.3, 0.4) is 0 Å². The smallest absolute Gasteiger partial charge is 0.295 e. The molecule has 0 saturated carbocycles. The van der Waals surface area contributed by atoms with Crippen molar-refractivity contribution in [1.29, 1.82) is 0 Å². The van der Waals surface area contributed by atoms with Gasteiger partial charge in [-0.3, -0.25) is 15.1 Å². The van der Waals surface area contributed by atoms with E-state index in [1.54, 1.807) is 12.3 Å². The van der Waals surface area contributed by atoms with E-state index in [9.17, 15) is 4.79 Å². The molecule has 0 aromatic carbocycles. The molecule has 1 amide bonds. The van der Waals surface area contributed by atoms with Crippen molar-refractivity contribution in [1.82, 2.24) is 20.2 Å². The number of amides is 1. The maximum absolute atomic E-state index is 12.7. The number of halogens is 1. The van der Waals surface area contributed by atoms with Crippen LogP contribution in [0.15, 0.2) is 24.5 Å². The number of methoxy groups -OCH3 is 1. The Balaban J connectivity index is 2.01. The Morgan fingerprint density at radius 3 is 2.68 bits per heavy atom. The van der Waals surface area contributed by atoms with Crippen molar-refractivity contribution < 1.29 is 9.53 Å². The van der Waals surface area contributed by atoms with E-state index in [1.807, 2.05) is 19.9 Å². The predicted molar refractivity (Wildman–Crippen MR) is 96.4 cm³/mol. The molecule has 25 heavy (non-hydrogen) atoms. The van der Waals surface area contributed by atoms with Crippen LogP contribution in [0.25, 0.3) is 11.1 Å². The van der Waals surface area contributed by atoms with Gasteiger partial charge in [0, 0.05) is 18.1 Å². The average Bonchev–Trinajstić information content (AvgIpc) is 3.04. The Kier molecular flexibility index (Phi) is 4.91. The van der Waals surface area contributed by atoms with Crippen molar-refractivity contribution in [3.05, 3.63) is 46.5 Å². The number of aromatic nitrogens is 4. The molecule has 9 heteroatoms. The number of hydrogen-bond acceptors (Lipinski definition) is 7. The Morgan fingerprint density at radius 1 is 1.16 bits per heavy atom. The first kappa shape index (κ1) is 17.2. The van der Waals surface area contributed by atoms with Gasteiger partial charge >= 0.3 is 0 Å². The van der Waals surface area contributed by atoms with Gasteiger partial charge in [0.05, 0.1) is 12.7 Å². The van der Waals surface area contributed by atoms with E-state index in [1.165, 1.54) is 13.3 Å². The van der Waals surface area contributed by atoms with Gasteiger partial charge in [0.2, 0.25) is 5.13 Å². The normalized spacial score (nSPS) is 10.6. The zero-order valence-corrected chi connectivity index (χ0v) is 15.3. The van der Waals surface area contributed by atoms with E-state index in [0.29, 0.717) is 21.0 Å². The van der Waals surface area contributed by atoms with Crippen molar-refractivity contribution in [3.8, 4) is 16.3 Å². The summed E-state index contributed by atoms with van der Waals surface area (Å²) in [5.74, 6) is -0.339. The molecule has 0 fully saturated rings. The number of pyridine rings is 2. The molecule has 128 valence electrons. The molecule has 0 atom stereocenters. The third kappa shape index (κ3) is 3.75. The number of nitrogens with one attached hydrogen (secondary N) is 1. The number of ether oxygens (including phenoxy) is 1. The first-order valence-corrected chi connectivity index (χ1v) is 8.45. The molecule has 0 unspecified atom stereocenters. The molecule has 3 rings (SSSR count). The topological polar surface area (TPSA) is 89.9 Å². The molecule has 3 aromatic rings. The van der Waals surface area contributed by atoms with Crippen molar-refractivity contribution in [3.63, 3.8) is 0 Å². The zero-order valence-electron chi connectivity index (χ0n) is 13.7. The number of nitrogens with zero attached hydrogens (tertiary/aromatic N) is 4. The van der Waals surface area contributed by atoms with Crippen molar-refractivity contribution in [2.75, 3.05) is 12.4 Å². The molecule has 0 aliphatic carbocycles. The van der Waals surface area contributed by atoms with E-state index in [4.69, 9.17) is 16.3 Å². The van der Waals surface area contributed by atoms with E-state index >= 15 is 0 Å². The van der Waals surface area contributed by atoms with Crippen molar-refractivity contribution in [2.24, 2.45) is 0 Å². The minimum atomic E-state index is -0.339. The van der Waals surface area contributed by atoms with Gasteiger partial charge in [-0.25, -0.2) is 4.98 Å². The molecule has 1 N–H and O–H groups in total. The summed E-state index contributed by atoms with van der Waals surface area (Å²) in [6, 6.07) is 3.57. The summed E-state index contributed by atoms with van der Waals surface area (Å²) < 4.78 is 4.98. The number of rotatable bonds is 4. The van der Waals surface area contributed by atoms with Crippen LogP contribution in [0.1, 0.15) is 21.6 Å². The van der Waals surface area contributed by atoms with E-state index in [0.717, 1.165) is 33.7 Å². The lowest BCUT2D eigenvalue weighted by Gasteiger charge is -2.12. The maximum Gasteiger partial charge on any atom is 0.295 e. The van der Waals surface area contributed by atoms with Gasteiger partial charge in [-0.1, -0.05) is 16.7 Å². The Morgan fingerprint density at radius 2 is 1.96 bits per heavy atom. The maximum atomic E-state index is 12.7. The summed E-state index contributed by atoms with van der Waals surface area (Å²) in [7, 11) is 1.49. The summed E-state index contributed by atoms with van der Waals surface area (Å²) in [5, 5.41) is 11.4. The number of carbonyl (C=O) groups is 1. The second kappa shape index (κ2) is 7.12. The van der Waals surface area contributed by atoms with Crippen LogP contribution in [-0.4, -0.2) is 33.2 Å². The molecule has 7 nitrogen and oxygen atoms in total. The summed E-state index contributed by atoms with van der Waals surface area (Å²) >= 11 is 7.17. The zero-order chi connectivity index (χ0) is 18.0. The highest BCUT2D eigenvalue weighted by Gasteiger charge is 2.18. The van der Waals surface area contributed by atoms with Gasteiger partial charge in [0.25, 0.3) is 11.1 Å². The molecule has 0 saturated heterocycles. The molecular formula is C16H14ClN5O2S. The SMILES string of the molecule is COc1nnc(NC(=O)c2cnc(C)cc2-c2cc(Cl)ncc2C)s1. The summed E-state index contributed by atoms with van der Waals surface area (Å²) in [6.07, 6.45) is 3.21. The lowest BCUT2D eigenvalue weighted by atomic mass is 9.98. The van der Waals surface area contributed by atoms with E-state index < -0.39 is 0 Å². The van der Waals surface area contributed by atoms with Crippen LogP contribution in [-0.2, 0) is 0 Å². The lowest BCUT2D eigenvalue weighted by molar-refractivity contribution is 0.102. The van der Waals surface area contributed by atoms with E-state index in [-0.39, 0.29) is 5.91 Å². The van der Waals surface area contributed by atoms with Gasteiger partial charge < -0.3 is 4.74 Å². The third-order valence-corrected chi connectivity index (χ3v) is 4.45. The largest absolute Gasteiger partial charge is 0.472 e. The Bertz CT molecular complexity index is 944. The minimum absolute atomic E-state index is 0.339. The number of anilines is 1. The van der Waals surface area contributed by atoms with Crippen LogP contribution in [0.4, 0.5) is 5.13 Å².